The lowest BCUT2D eigenvalue weighted by atomic mass is 10.1. The summed E-state index contributed by atoms with van der Waals surface area (Å²) in [6.07, 6.45) is 0. The van der Waals surface area contributed by atoms with Gasteiger partial charge in [-0.05, 0) is 11.1 Å². The molecule has 114 valence electrons. The molecule has 0 heterocycles. The molecule has 0 aromatic heterocycles. The van der Waals surface area contributed by atoms with E-state index in [1.54, 1.807) is 14.2 Å². The fourth-order valence-electron chi connectivity index (χ4n) is 1.56. The predicted octanol–water partition coefficient (Wildman–Crippen LogP) is 1.11. The van der Waals surface area contributed by atoms with E-state index in [4.69, 9.17) is 9.47 Å². The van der Waals surface area contributed by atoms with Gasteiger partial charge in [-0.1, -0.05) is 24.3 Å². The molecule has 0 atom stereocenters. The first-order chi connectivity index (χ1) is 9.26. The Hall–Kier alpha value is -1.14. The molecular weight excluding hydrogens is 280 g/mol. The van der Waals surface area contributed by atoms with Crippen molar-refractivity contribution < 1.29 is 14.3 Å². The molecule has 0 fully saturated rings. The Morgan fingerprint density at radius 2 is 1.75 bits per heavy atom. The summed E-state index contributed by atoms with van der Waals surface area (Å²) < 4.78 is 9.92. The zero-order valence-electron chi connectivity index (χ0n) is 12.0. The van der Waals surface area contributed by atoms with Crippen LogP contribution in [0.25, 0.3) is 0 Å². The van der Waals surface area contributed by atoms with Crippen LogP contribution in [0.4, 0.5) is 0 Å². The molecule has 1 aromatic rings. The standard InChI is InChI=1S/C14H22N2O3.ClH/c1-18-8-7-15-10-14(17)16-9-12-3-5-13(6-4-12)11-19-2;/h3-6,15H,7-11H2,1-2H3,(H,16,17);1H. The molecule has 0 radical (unpaired) electrons. The molecule has 0 aliphatic carbocycles. The van der Waals surface area contributed by atoms with E-state index in [-0.39, 0.29) is 18.3 Å². The monoisotopic (exact) mass is 302 g/mol. The van der Waals surface area contributed by atoms with Gasteiger partial charge in [0, 0.05) is 27.3 Å². The first kappa shape index (κ1) is 18.9. The number of halogens is 1. The number of rotatable bonds is 9. The molecule has 1 aromatic carbocycles. The van der Waals surface area contributed by atoms with Crippen molar-refractivity contribution in [3.05, 3.63) is 35.4 Å². The molecule has 5 nitrogen and oxygen atoms in total. The maximum absolute atomic E-state index is 11.5. The molecule has 0 bridgehead atoms. The number of amides is 1. The van der Waals surface area contributed by atoms with E-state index in [0.29, 0.717) is 32.8 Å². The van der Waals surface area contributed by atoms with Gasteiger partial charge in [0.25, 0.3) is 0 Å². The summed E-state index contributed by atoms with van der Waals surface area (Å²) in [5, 5.41) is 5.85. The molecule has 1 amide bonds. The highest BCUT2D eigenvalue weighted by atomic mass is 35.5. The van der Waals surface area contributed by atoms with Crippen molar-refractivity contribution in [2.24, 2.45) is 0 Å². The lowest BCUT2D eigenvalue weighted by molar-refractivity contribution is -0.120. The Morgan fingerprint density at radius 3 is 2.35 bits per heavy atom. The molecule has 0 spiro atoms. The number of hydrogen-bond acceptors (Lipinski definition) is 4. The smallest absolute Gasteiger partial charge is 0.234 e. The maximum Gasteiger partial charge on any atom is 0.234 e. The molecule has 0 saturated heterocycles. The second kappa shape index (κ2) is 11.7. The van der Waals surface area contributed by atoms with Crippen molar-refractivity contribution in [2.45, 2.75) is 13.2 Å². The van der Waals surface area contributed by atoms with Crippen molar-refractivity contribution in [3.63, 3.8) is 0 Å². The van der Waals surface area contributed by atoms with Crippen molar-refractivity contribution in [1.29, 1.82) is 0 Å². The lowest BCUT2D eigenvalue weighted by Gasteiger charge is -2.07. The Labute approximate surface area is 126 Å². The van der Waals surface area contributed by atoms with Crippen LogP contribution in [0.3, 0.4) is 0 Å². The van der Waals surface area contributed by atoms with Crippen LogP contribution >= 0.6 is 12.4 Å². The Morgan fingerprint density at radius 1 is 1.10 bits per heavy atom. The van der Waals surface area contributed by atoms with Gasteiger partial charge in [0.15, 0.2) is 0 Å². The molecular formula is C14H23ClN2O3. The SMILES string of the molecule is COCCNCC(=O)NCc1ccc(COC)cc1.Cl. The van der Waals surface area contributed by atoms with Crippen molar-refractivity contribution in [2.75, 3.05) is 33.9 Å². The van der Waals surface area contributed by atoms with Crippen molar-refractivity contribution in [3.8, 4) is 0 Å². The number of ether oxygens (including phenoxy) is 2. The summed E-state index contributed by atoms with van der Waals surface area (Å²) in [5.41, 5.74) is 2.20. The molecule has 0 saturated carbocycles. The summed E-state index contributed by atoms with van der Waals surface area (Å²) in [7, 11) is 3.31. The van der Waals surface area contributed by atoms with Gasteiger partial charge in [0.2, 0.25) is 5.91 Å². The predicted molar refractivity (Wildman–Crippen MR) is 81.0 cm³/mol. The zero-order valence-corrected chi connectivity index (χ0v) is 12.8. The summed E-state index contributed by atoms with van der Waals surface area (Å²) in [5.74, 6) is -0.0166. The van der Waals surface area contributed by atoms with Crippen LogP contribution in [-0.4, -0.2) is 39.8 Å². The van der Waals surface area contributed by atoms with Gasteiger partial charge in [0.05, 0.1) is 19.8 Å². The minimum atomic E-state index is -0.0166. The van der Waals surface area contributed by atoms with Crippen LogP contribution in [0.5, 0.6) is 0 Å². The van der Waals surface area contributed by atoms with E-state index in [9.17, 15) is 4.79 Å². The largest absolute Gasteiger partial charge is 0.383 e. The average Bonchev–Trinajstić information content (AvgIpc) is 2.43. The maximum atomic E-state index is 11.5. The Bertz CT molecular complexity index is 371. The van der Waals surface area contributed by atoms with Gasteiger partial charge >= 0.3 is 0 Å². The third kappa shape index (κ3) is 8.12. The van der Waals surface area contributed by atoms with Crippen LogP contribution in [0.2, 0.25) is 0 Å². The molecule has 1 rings (SSSR count). The van der Waals surface area contributed by atoms with E-state index < -0.39 is 0 Å². The average molecular weight is 303 g/mol. The number of carbonyl (C=O) groups is 1. The van der Waals surface area contributed by atoms with Crippen LogP contribution in [-0.2, 0) is 27.4 Å². The van der Waals surface area contributed by atoms with Crippen LogP contribution in [0.1, 0.15) is 11.1 Å². The molecule has 6 heteroatoms. The normalized spacial score (nSPS) is 9.90. The Kier molecular flexibility index (Phi) is 11.0. The minimum absolute atomic E-state index is 0. The van der Waals surface area contributed by atoms with Gasteiger partial charge in [-0.2, -0.15) is 0 Å². The number of benzene rings is 1. The van der Waals surface area contributed by atoms with Crippen LogP contribution in [0, 0.1) is 0 Å². The molecule has 20 heavy (non-hydrogen) atoms. The fraction of sp³-hybridized carbons (Fsp3) is 0.500. The highest BCUT2D eigenvalue weighted by molar-refractivity contribution is 5.85. The first-order valence-corrected chi connectivity index (χ1v) is 6.29. The highest BCUT2D eigenvalue weighted by Gasteiger charge is 2.00. The van der Waals surface area contributed by atoms with E-state index >= 15 is 0 Å². The topological polar surface area (TPSA) is 59.6 Å². The van der Waals surface area contributed by atoms with E-state index in [1.807, 2.05) is 24.3 Å². The van der Waals surface area contributed by atoms with Gasteiger partial charge in [-0.15, -0.1) is 12.4 Å². The lowest BCUT2D eigenvalue weighted by Crippen LogP contribution is -2.34. The first-order valence-electron chi connectivity index (χ1n) is 6.29. The van der Waals surface area contributed by atoms with Crippen LogP contribution in [0.15, 0.2) is 24.3 Å². The van der Waals surface area contributed by atoms with Crippen molar-refractivity contribution in [1.82, 2.24) is 10.6 Å². The summed E-state index contributed by atoms with van der Waals surface area (Å²) >= 11 is 0. The van der Waals surface area contributed by atoms with E-state index in [1.165, 1.54) is 0 Å². The van der Waals surface area contributed by atoms with E-state index in [0.717, 1.165) is 11.1 Å². The number of carbonyl (C=O) groups excluding carboxylic acids is 1. The fourth-order valence-corrected chi connectivity index (χ4v) is 1.56. The van der Waals surface area contributed by atoms with Gasteiger partial charge in [-0.25, -0.2) is 0 Å². The third-order valence-corrected chi connectivity index (χ3v) is 2.59. The molecule has 2 N–H and O–H groups in total. The van der Waals surface area contributed by atoms with Crippen LogP contribution < -0.4 is 10.6 Å². The zero-order chi connectivity index (χ0) is 13.9. The second-order valence-corrected chi connectivity index (χ2v) is 4.20. The summed E-state index contributed by atoms with van der Waals surface area (Å²) in [6.45, 7) is 2.74. The molecule has 0 aliphatic heterocycles. The van der Waals surface area contributed by atoms with Crippen molar-refractivity contribution >= 4 is 18.3 Å². The number of hydrogen-bond donors (Lipinski definition) is 2. The number of nitrogens with one attached hydrogen (secondary N) is 2. The number of methoxy groups -OCH3 is 2. The summed E-state index contributed by atoms with van der Waals surface area (Å²) in [4.78, 5) is 11.5. The molecule has 0 aliphatic rings. The van der Waals surface area contributed by atoms with Gasteiger partial charge in [0.1, 0.15) is 0 Å². The molecule has 0 unspecified atom stereocenters. The van der Waals surface area contributed by atoms with E-state index in [2.05, 4.69) is 10.6 Å². The minimum Gasteiger partial charge on any atom is -0.383 e. The van der Waals surface area contributed by atoms with Gasteiger partial charge in [-0.3, -0.25) is 4.79 Å². The second-order valence-electron chi connectivity index (χ2n) is 4.20. The quantitative estimate of drug-likeness (QED) is 0.671. The Balaban J connectivity index is 0.00000361. The summed E-state index contributed by atoms with van der Waals surface area (Å²) in [6, 6.07) is 7.99. The third-order valence-electron chi connectivity index (χ3n) is 2.59. The highest BCUT2D eigenvalue weighted by Crippen LogP contribution is 2.05. The van der Waals surface area contributed by atoms with Gasteiger partial charge < -0.3 is 20.1 Å².